The molecule has 0 saturated heterocycles. The Morgan fingerprint density at radius 2 is 1.77 bits per heavy atom. The Balaban J connectivity index is 2.73. The number of hydrogen-bond acceptors (Lipinski definition) is 5. The average molecular weight is 305 g/mol. The van der Waals surface area contributed by atoms with Crippen LogP contribution in [0, 0.1) is 0 Å². The van der Waals surface area contributed by atoms with Gasteiger partial charge in [-0.15, -0.1) is 0 Å². The first-order valence-corrected chi connectivity index (χ1v) is 6.51. The lowest BCUT2D eigenvalue weighted by molar-refractivity contribution is -0.129. The molecule has 1 N–H and O–H groups in total. The minimum atomic E-state index is -0.715. The highest BCUT2D eigenvalue weighted by Gasteiger charge is 2.14. The molecule has 0 unspecified atom stereocenters. The first-order chi connectivity index (χ1) is 10.5. The fourth-order valence-corrected chi connectivity index (χ4v) is 1.49. The van der Waals surface area contributed by atoms with Crippen LogP contribution in [0.5, 0.6) is 17.2 Å². The van der Waals surface area contributed by atoms with Gasteiger partial charge in [0.05, 0.1) is 14.2 Å². The van der Waals surface area contributed by atoms with Gasteiger partial charge in [-0.1, -0.05) is 18.2 Å². The Kier molecular flexibility index (Phi) is 6.69. The maximum Gasteiger partial charge on any atom is 0.336 e. The number of rotatable bonds is 7. The summed E-state index contributed by atoms with van der Waals surface area (Å²) in [7, 11) is 2.90. The highest BCUT2D eigenvalue weighted by molar-refractivity contribution is 5.95. The molecular formula is C16H19NO5. The number of ether oxygens (including phenoxy) is 3. The van der Waals surface area contributed by atoms with Crippen molar-refractivity contribution in [1.29, 1.82) is 0 Å². The molecule has 1 aromatic rings. The summed E-state index contributed by atoms with van der Waals surface area (Å²) < 4.78 is 15.4. The first-order valence-electron chi connectivity index (χ1n) is 6.51. The van der Waals surface area contributed by atoms with E-state index in [4.69, 9.17) is 14.2 Å². The third-order valence-corrected chi connectivity index (χ3v) is 2.52. The molecule has 0 heterocycles. The molecule has 6 heteroatoms. The Morgan fingerprint density at radius 3 is 2.27 bits per heavy atom. The Morgan fingerprint density at radius 1 is 1.18 bits per heavy atom. The summed E-state index contributed by atoms with van der Waals surface area (Å²) >= 11 is 0. The van der Waals surface area contributed by atoms with Gasteiger partial charge in [0.15, 0.2) is 11.5 Å². The number of nitrogens with one attached hydrogen (secondary N) is 1. The highest BCUT2D eigenvalue weighted by atomic mass is 16.6. The Bertz CT molecular complexity index is 570. The van der Waals surface area contributed by atoms with Gasteiger partial charge in [0.25, 0.3) is 0 Å². The molecule has 118 valence electrons. The van der Waals surface area contributed by atoms with Crippen molar-refractivity contribution in [3.05, 3.63) is 42.5 Å². The second kappa shape index (κ2) is 8.51. The van der Waals surface area contributed by atoms with E-state index in [1.54, 1.807) is 25.1 Å². The van der Waals surface area contributed by atoms with Crippen LogP contribution in [0.15, 0.2) is 42.5 Å². The zero-order valence-electron chi connectivity index (χ0n) is 12.8. The molecule has 0 aliphatic rings. The van der Waals surface area contributed by atoms with Crippen molar-refractivity contribution in [2.75, 3.05) is 20.8 Å². The van der Waals surface area contributed by atoms with Gasteiger partial charge in [-0.05, 0) is 19.1 Å². The molecule has 0 saturated carbocycles. The van der Waals surface area contributed by atoms with Gasteiger partial charge in [0.2, 0.25) is 11.7 Å². The van der Waals surface area contributed by atoms with Crippen LogP contribution in [-0.2, 0) is 9.59 Å². The Hall–Kier alpha value is -2.76. The van der Waals surface area contributed by atoms with Gasteiger partial charge in [-0.3, -0.25) is 4.79 Å². The molecule has 0 aliphatic heterocycles. The van der Waals surface area contributed by atoms with E-state index in [0.717, 1.165) is 17.7 Å². The normalized spacial score (nSPS) is 10.1. The zero-order valence-corrected chi connectivity index (χ0v) is 12.8. The smallest absolute Gasteiger partial charge is 0.336 e. The number of methoxy groups -OCH3 is 2. The van der Waals surface area contributed by atoms with Crippen LogP contribution < -0.4 is 19.5 Å². The molecule has 6 nitrogen and oxygen atoms in total. The lowest BCUT2D eigenvalue weighted by Gasteiger charge is -2.11. The van der Waals surface area contributed by atoms with Crippen LogP contribution >= 0.6 is 0 Å². The minimum Gasteiger partial charge on any atom is -0.493 e. The van der Waals surface area contributed by atoms with Crippen LogP contribution in [0.2, 0.25) is 0 Å². The van der Waals surface area contributed by atoms with E-state index in [1.807, 2.05) is 0 Å². The molecule has 0 aliphatic carbocycles. The van der Waals surface area contributed by atoms with E-state index in [0.29, 0.717) is 18.0 Å². The van der Waals surface area contributed by atoms with E-state index in [1.165, 1.54) is 14.2 Å². The van der Waals surface area contributed by atoms with E-state index in [9.17, 15) is 9.59 Å². The van der Waals surface area contributed by atoms with Crippen LogP contribution in [0.3, 0.4) is 0 Å². The number of carbonyl (C=O) groups excluding carboxylic acids is 2. The third-order valence-electron chi connectivity index (χ3n) is 2.52. The topological polar surface area (TPSA) is 73.9 Å². The molecule has 1 amide bonds. The maximum absolute atomic E-state index is 11.8. The number of esters is 1. The van der Waals surface area contributed by atoms with Gasteiger partial charge in [0.1, 0.15) is 0 Å². The van der Waals surface area contributed by atoms with E-state index in [-0.39, 0.29) is 5.75 Å². The average Bonchev–Trinajstić information content (AvgIpc) is 2.51. The highest BCUT2D eigenvalue weighted by Crippen LogP contribution is 2.36. The predicted octanol–water partition coefficient (Wildman–Crippen LogP) is 1.86. The van der Waals surface area contributed by atoms with Gasteiger partial charge >= 0.3 is 5.97 Å². The summed E-state index contributed by atoms with van der Waals surface area (Å²) in [4.78, 5) is 23.2. The summed E-state index contributed by atoms with van der Waals surface area (Å²) in [6, 6.07) is 4.97. The number of carbonyl (C=O) groups is 2. The summed E-state index contributed by atoms with van der Waals surface area (Å²) in [5, 5.41) is 2.56. The molecule has 0 fully saturated rings. The van der Waals surface area contributed by atoms with Crippen LogP contribution in [0.4, 0.5) is 0 Å². The second-order valence-corrected chi connectivity index (χ2v) is 4.42. The molecule has 0 aromatic heterocycles. The standard InChI is InChI=1S/C16H19NO5/c1-11(2)10-17-14(18)8-9-15(19)22-16-12(20-3)6-5-7-13(16)21-4/h5-9H,1,10H2,2-4H3,(H,17,18)/b9-8+. The molecule has 0 radical (unpaired) electrons. The number of amides is 1. The van der Waals surface area contributed by atoms with E-state index < -0.39 is 11.9 Å². The van der Waals surface area contributed by atoms with Crippen LogP contribution in [0.1, 0.15) is 6.92 Å². The Labute approximate surface area is 129 Å². The van der Waals surface area contributed by atoms with Gasteiger partial charge in [-0.2, -0.15) is 0 Å². The van der Waals surface area contributed by atoms with Crippen molar-refractivity contribution in [3.63, 3.8) is 0 Å². The fourth-order valence-electron chi connectivity index (χ4n) is 1.49. The molecule has 0 atom stereocenters. The predicted molar refractivity (Wildman–Crippen MR) is 82.1 cm³/mol. The lowest BCUT2D eigenvalue weighted by atomic mass is 10.3. The molecule has 1 rings (SSSR count). The monoisotopic (exact) mass is 305 g/mol. The molecule has 0 spiro atoms. The molecular weight excluding hydrogens is 286 g/mol. The molecule has 22 heavy (non-hydrogen) atoms. The van der Waals surface area contributed by atoms with E-state index >= 15 is 0 Å². The number of hydrogen-bond donors (Lipinski definition) is 1. The van der Waals surface area contributed by atoms with Crippen molar-refractivity contribution in [1.82, 2.24) is 5.32 Å². The summed E-state index contributed by atoms with van der Waals surface area (Å²) in [5.41, 5.74) is 0.808. The SMILES string of the molecule is C=C(C)CNC(=O)/C=C/C(=O)Oc1c(OC)cccc1OC. The summed E-state index contributed by atoms with van der Waals surface area (Å²) in [5.74, 6) is -0.259. The van der Waals surface area contributed by atoms with Gasteiger partial charge in [-0.25, -0.2) is 4.79 Å². The summed E-state index contributed by atoms with van der Waals surface area (Å²) in [6.07, 6.45) is 2.12. The van der Waals surface area contributed by atoms with Crippen molar-refractivity contribution < 1.29 is 23.8 Å². The molecule has 0 bridgehead atoms. The minimum absolute atomic E-state index is 0.157. The van der Waals surface area contributed by atoms with Crippen molar-refractivity contribution in [2.24, 2.45) is 0 Å². The van der Waals surface area contributed by atoms with E-state index in [2.05, 4.69) is 11.9 Å². The van der Waals surface area contributed by atoms with Crippen molar-refractivity contribution in [3.8, 4) is 17.2 Å². The maximum atomic E-state index is 11.8. The lowest BCUT2D eigenvalue weighted by Crippen LogP contribution is -2.23. The molecule has 1 aromatic carbocycles. The third kappa shape index (κ3) is 5.32. The van der Waals surface area contributed by atoms with Gasteiger partial charge in [0, 0.05) is 18.7 Å². The van der Waals surface area contributed by atoms with Gasteiger partial charge < -0.3 is 19.5 Å². The summed E-state index contributed by atoms with van der Waals surface area (Å²) in [6.45, 7) is 5.79. The van der Waals surface area contributed by atoms with Crippen LogP contribution in [-0.4, -0.2) is 32.6 Å². The first kappa shape index (κ1) is 17.3. The quantitative estimate of drug-likeness (QED) is 0.360. The van der Waals surface area contributed by atoms with Crippen molar-refractivity contribution >= 4 is 11.9 Å². The number of benzene rings is 1. The van der Waals surface area contributed by atoms with Crippen LogP contribution in [0.25, 0.3) is 0 Å². The zero-order chi connectivity index (χ0) is 16.5. The largest absolute Gasteiger partial charge is 0.493 e. The fraction of sp³-hybridized carbons (Fsp3) is 0.250. The van der Waals surface area contributed by atoms with Crippen molar-refractivity contribution in [2.45, 2.75) is 6.92 Å². The second-order valence-electron chi connectivity index (χ2n) is 4.42. The number of para-hydroxylation sites is 1.